The Kier molecular flexibility index (Phi) is 7.88. The summed E-state index contributed by atoms with van der Waals surface area (Å²) in [5.41, 5.74) is 2.72. The van der Waals surface area contributed by atoms with E-state index in [1.807, 2.05) is 31.0 Å². The van der Waals surface area contributed by atoms with Gasteiger partial charge in [0.2, 0.25) is 0 Å². The van der Waals surface area contributed by atoms with E-state index in [1.165, 1.54) is 5.56 Å². The third-order valence-electron chi connectivity index (χ3n) is 6.56. The molecule has 8 heteroatoms. The molecular weight excluding hydrogens is 420 g/mol. The van der Waals surface area contributed by atoms with Crippen LogP contribution in [0.5, 0.6) is 11.5 Å². The maximum absolute atomic E-state index is 13.2. The van der Waals surface area contributed by atoms with Crippen molar-refractivity contribution in [1.29, 1.82) is 0 Å². The Labute approximate surface area is 196 Å². The number of carbonyl (C=O) groups is 1. The number of nitrogens with zero attached hydrogens (tertiary/aromatic N) is 4. The highest BCUT2D eigenvalue weighted by Gasteiger charge is 2.29. The molecular formula is C25H36N4O4. The summed E-state index contributed by atoms with van der Waals surface area (Å²) < 4.78 is 18.9. The van der Waals surface area contributed by atoms with Crippen LogP contribution in [0.2, 0.25) is 0 Å². The molecule has 0 bridgehead atoms. The predicted octanol–water partition coefficient (Wildman–Crippen LogP) is 3.03. The quantitative estimate of drug-likeness (QED) is 0.608. The molecule has 1 atom stereocenters. The lowest BCUT2D eigenvalue weighted by Gasteiger charge is -2.35. The molecule has 2 aliphatic heterocycles. The molecule has 2 aromatic rings. The fraction of sp³-hybridized carbons (Fsp3) is 0.600. The number of likely N-dealkylation sites (tertiary alicyclic amines) is 1. The van der Waals surface area contributed by atoms with E-state index in [1.54, 1.807) is 11.8 Å². The van der Waals surface area contributed by atoms with Crippen molar-refractivity contribution in [3.8, 4) is 11.5 Å². The normalized spacial score (nSPS) is 19.5. The molecule has 2 saturated heterocycles. The Bertz CT molecular complexity index is 938. The number of rotatable bonds is 8. The zero-order chi connectivity index (χ0) is 23.2. The van der Waals surface area contributed by atoms with Crippen LogP contribution in [0.4, 0.5) is 0 Å². The SMILES string of the molecule is COc1ccc(CN2CCOCC2)cc1OCC[C@@H]1CCCCN1C(=O)c1cc(C)nn1C. The predicted molar refractivity (Wildman–Crippen MR) is 126 cm³/mol. The van der Waals surface area contributed by atoms with Crippen LogP contribution in [0.25, 0.3) is 0 Å². The van der Waals surface area contributed by atoms with Crippen molar-refractivity contribution >= 4 is 5.91 Å². The largest absolute Gasteiger partial charge is 0.493 e. The lowest BCUT2D eigenvalue weighted by Crippen LogP contribution is -2.45. The molecule has 0 saturated carbocycles. The number of amides is 1. The first-order chi connectivity index (χ1) is 16.0. The van der Waals surface area contributed by atoms with E-state index >= 15 is 0 Å². The standard InChI is InChI=1S/C25H36N4O4/c1-19-16-22(27(2)26-19)25(30)29-10-5-4-6-21(29)9-13-33-24-17-20(7-8-23(24)31-3)18-28-11-14-32-15-12-28/h7-8,16-17,21H,4-6,9-15,18H2,1-3H3/t21-/m0/s1. The molecule has 4 rings (SSSR count). The monoisotopic (exact) mass is 456 g/mol. The van der Waals surface area contributed by atoms with Crippen LogP contribution in [-0.2, 0) is 18.3 Å². The summed E-state index contributed by atoms with van der Waals surface area (Å²) in [6, 6.07) is 8.19. The second kappa shape index (κ2) is 11.0. The van der Waals surface area contributed by atoms with Crippen LogP contribution in [0.3, 0.4) is 0 Å². The topological polar surface area (TPSA) is 69.1 Å². The Morgan fingerprint density at radius 3 is 2.70 bits per heavy atom. The summed E-state index contributed by atoms with van der Waals surface area (Å²) in [5.74, 6) is 1.56. The highest BCUT2D eigenvalue weighted by atomic mass is 16.5. The average Bonchev–Trinajstić information content (AvgIpc) is 3.17. The van der Waals surface area contributed by atoms with Crippen LogP contribution in [0, 0.1) is 6.92 Å². The number of morpholine rings is 1. The minimum Gasteiger partial charge on any atom is -0.493 e. The second-order valence-electron chi connectivity index (χ2n) is 8.95. The highest BCUT2D eigenvalue weighted by Crippen LogP contribution is 2.30. The number of benzene rings is 1. The average molecular weight is 457 g/mol. The first-order valence-corrected chi connectivity index (χ1v) is 12.0. The lowest BCUT2D eigenvalue weighted by atomic mass is 9.99. The van der Waals surface area contributed by atoms with Gasteiger partial charge >= 0.3 is 0 Å². The molecule has 0 aliphatic carbocycles. The number of hydrogen-bond acceptors (Lipinski definition) is 6. The van der Waals surface area contributed by atoms with Crippen molar-refractivity contribution in [2.24, 2.45) is 7.05 Å². The first-order valence-electron chi connectivity index (χ1n) is 12.0. The van der Waals surface area contributed by atoms with E-state index in [0.29, 0.717) is 12.3 Å². The molecule has 2 fully saturated rings. The van der Waals surface area contributed by atoms with Gasteiger partial charge in [0.1, 0.15) is 5.69 Å². The minimum atomic E-state index is 0.0629. The maximum Gasteiger partial charge on any atom is 0.272 e. The van der Waals surface area contributed by atoms with Crippen molar-refractivity contribution in [3.05, 3.63) is 41.2 Å². The van der Waals surface area contributed by atoms with Crippen LogP contribution in [0.1, 0.15) is 47.4 Å². The van der Waals surface area contributed by atoms with Gasteiger partial charge in [-0.25, -0.2) is 0 Å². The molecule has 0 radical (unpaired) electrons. The van der Waals surface area contributed by atoms with E-state index in [2.05, 4.69) is 22.1 Å². The number of aryl methyl sites for hydroxylation is 2. The third-order valence-corrected chi connectivity index (χ3v) is 6.56. The van der Waals surface area contributed by atoms with Crippen LogP contribution in [-0.4, -0.2) is 78.1 Å². The number of aromatic nitrogens is 2. The second-order valence-corrected chi connectivity index (χ2v) is 8.95. The van der Waals surface area contributed by atoms with Crippen molar-refractivity contribution in [1.82, 2.24) is 19.6 Å². The minimum absolute atomic E-state index is 0.0629. The number of piperidine rings is 1. The van der Waals surface area contributed by atoms with Gasteiger partial charge in [0.05, 0.1) is 32.6 Å². The lowest BCUT2D eigenvalue weighted by molar-refractivity contribution is 0.0341. The zero-order valence-corrected chi connectivity index (χ0v) is 20.1. The van der Waals surface area contributed by atoms with E-state index < -0.39 is 0 Å². The molecule has 0 unspecified atom stereocenters. The summed E-state index contributed by atoms with van der Waals surface area (Å²) >= 11 is 0. The summed E-state index contributed by atoms with van der Waals surface area (Å²) in [5, 5.41) is 4.34. The molecule has 1 aromatic carbocycles. The maximum atomic E-state index is 13.2. The van der Waals surface area contributed by atoms with Crippen molar-refractivity contribution < 1.29 is 19.0 Å². The Morgan fingerprint density at radius 2 is 1.97 bits per heavy atom. The van der Waals surface area contributed by atoms with Gasteiger partial charge in [0.15, 0.2) is 11.5 Å². The number of hydrogen-bond donors (Lipinski definition) is 0. The van der Waals surface area contributed by atoms with Crippen molar-refractivity contribution in [2.75, 3.05) is 46.6 Å². The molecule has 1 amide bonds. The van der Waals surface area contributed by atoms with Gasteiger partial charge in [0.25, 0.3) is 5.91 Å². The van der Waals surface area contributed by atoms with Crippen LogP contribution in [0.15, 0.2) is 24.3 Å². The molecule has 0 spiro atoms. The fourth-order valence-electron chi connectivity index (χ4n) is 4.78. The number of methoxy groups -OCH3 is 1. The van der Waals surface area contributed by atoms with Gasteiger partial charge in [-0.05, 0) is 49.9 Å². The van der Waals surface area contributed by atoms with Gasteiger partial charge < -0.3 is 19.1 Å². The fourth-order valence-corrected chi connectivity index (χ4v) is 4.78. The Morgan fingerprint density at radius 1 is 1.15 bits per heavy atom. The summed E-state index contributed by atoms with van der Waals surface area (Å²) in [7, 11) is 3.50. The Balaban J connectivity index is 1.38. The van der Waals surface area contributed by atoms with Gasteiger partial charge in [-0.2, -0.15) is 5.10 Å². The van der Waals surface area contributed by atoms with E-state index in [-0.39, 0.29) is 11.9 Å². The number of carbonyl (C=O) groups excluding carboxylic acids is 1. The summed E-state index contributed by atoms with van der Waals surface area (Å²) in [6.07, 6.45) is 3.97. The Hall–Kier alpha value is -2.58. The van der Waals surface area contributed by atoms with E-state index in [4.69, 9.17) is 14.2 Å². The summed E-state index contributed by atoms with van der Waals surface area (Å²) in [6.45, 7) is 7.58. The van der Waals surface area contributed by atoms with Gasteiger partial charge in [-0.3, -0.25) is 14.4 Å². The highest BCUT2D eigenvalue weighted by molar-refractivity contribution is 5.93. The molecule has 3 heterocycles. The molecule has 8 nitrogen and oxygen atoms in total. The zero-order valence-electron chi connectivity index (χ0n) is 20.1. The van der Waals surface area contributed by atoms with E-state index in [9.17, 15) is 4.79 Å². The first kappa shape index (κ1) is 23.6. The van der Waals surface area contributed by atoms with Crippen molar-refractivity contribution in [3.63, 3.8) is 0 Å². The van der Waals surface area contributed by atoms with Gasteiger partial charge in [-0.1, -0.05) is 6.07 Å². The molecule has 1 aromatic heterocycles. The van der Waals surface area contributed by atoms with Crippen LogP contribution < -0.4 is 9.47 Å². The van der Waals surface area contributed by atoms with Gasteiger partial charge in [0, 0.05) is 45.7 Å². The molecule has 0 N–H and O–H groups in total. The summed E-state index contributed by atoms with van der Waals surface area (Å²) in [4.78, 5) is 17.6. The van der Waals surface area contributed by atoms with Crippen molar-refractivity contribution in [2.45, 2.75) is 45.2 Å². The molecule has 180 valence electrons. The number of ether oxygens (including phenoxy) is 3. The molecule has 33 heavy (non-hydrogen) atoms. The van der Waals surface area contributed by atoms with Crippen LogP contribution >= 0.6 is 0 Å². The molecule has 2 aliphatic rings. The smallest absolute Gasteiger partial charge is 0.272 e. The third kappa shape index (κ3) is 5.86. The van der Waals surface area contributed by atoms with E-state index in [0.717, 1.165) is 82.3 Å². The van der Waals surface area contributed by atoms with Gasteiger partial charge in [-0.15, -0.1) is 0 Å².